The van der Waals surface area contributed by atoms with Crippen molar-refractivity contribution in [2.75, 3.05) is 0 Å². The molecule has 0 radical (unpaired) electrons. The highest BCUT2D eigenvalue weighted by Gasteiger charge is 2.28. The van der Waals surface area contributed by atoms with E-state index in [1.54, 1.807) is 0 Å². The smallest absolute Gasteiger partial charge is 0.000884 e. The molecule has 0 unspecified atom stereocenters. The number of hydrogen-bond acceptors (Lipinski definition) is 0. The van der Waals surface area contributed by atoms with Crippen LogP contribution in [0.3, 0.4) is 0 Å². The van der Waals surface area contributed by atoms with Crippen molar-refractivity contribution < 1.29 is 0 Å². The van der Waals surface area contributed by atoms with Gasteiger partial charge in [0.15, 0.2) is 0 Å². The van der Waals surface area contributed by atoms with Gasteiger partial charge in [0.05, 0.1) is 0 Å². The first-order chi connectivity index (χ1) is 33.6. The van der Waals surface area contributed by atoms with Crippen molar-refractivity contribution >= 4 is 90.8 Å². The summed E-state index contributed by atoms with van der Waals surface area (Å²) in [5, 5.41) is 18.6. The van der Waals surface area contributed by atoms with Crippen molar-refractivity contribution in [3.05, 3.63) is 278 Å². The van der Waals surface area contributed by atoms with Crippen LogP contribution in [0.25, 0.3) is 65.3 Å². The maximum atomic E-state index is 2.42. The van der Waals surface area contributed by atoms with E-state index in [0.717, 1.165) is 0 Å². The summed E-state index contributed by atoms with van der Waals surface area (Å²) >= 11 is 0. The summed E-state index contributed by atoms with van der Waals surface area (Å²) in [6.45, 7) is 4.42. The Morgan fingerprint density at radius 3 is 0.735 bits per heavy atom. The Kier molecular flexibility index (Phi) is 12.3. The molecule has 0 aliphatic rings. The molecule has 68 heavy (non-hydrogen) atoms. The standard InChI is InChI=1S/C44H32P2.C22H18/c1-5-19-35(20-6-1)45(36-21-7-2-8-22-36)41-31-29-33-17-13-15-27-39(33)43(41)44-40-28-16-14-18-34(40)30-32-42(44)46(37-23-9-3-10-24-37)38-25-11-4-12-26-38;1-15-11-13-17-7-3-5-9-19(17)21(15)22-16(2)12-14-18-8-4-6-10-20(18)22/h1-32H;3-14H,1-2H3. The molecule has 0 amide bonds. The van der Waals surface area contributed by atoms with E-state index in [9.17, 15) is 0 Å². The Balaban J connectivity index is 0.000000192. The second kappa shape index (κ2) is 19.4. The van der Waals surface area contributed by atoms with Crippen molar-refractivity contribution in [3.63, 3.8) is 0 Å². The van der Waals surface area contributed by atoms with Crippen LogP contribution in [-0.4, -0.2) is 0 Å². The predicted octanol–water partition coefficient (Wildman–Crippen LogP) is 15.5. The summed E-state index contributed by atoms with van der Waals surface area (Å²) in [7, 11) is -1.70. The third kappa shape index (κ3) is 8.33. The minimum atomic E-state index is -0.852. The molecule has 0 nitrogen and oxygen atoms in total. The number of hydrogen-bond donors (Lipinski definition) is 0. The SMILES string of the molecule is Cc1ccc2ccccc2c1-c1c(C)ccc2ccccc12.c1ccc(P(c2ccccc2)c2ccc3ccccc3c2-c2c(P(c3ccccc3)c3ccccc3)ccc3ccccc23)cc1. The van der Waals surface area contributed by atoms with Gasteiger partial charge in [-0.05, 0) is 138 Å². The molecule has 0 aromatic heterocycles. The minimum absolute atomic E-state index is 0.852. The maximum Gasteiger partial charge on any atom is -0.000884 e. The zero-order valence-electron chi connectivity index (χ0n) is 38.3. The lowest BCUT2D eigenvalue weighted by Gasteiger charge is -2.28. The van der Waals surface area contributed by atoms with E-state index in [1.165, 1.54) is 108 Å². The molecular weight excluding hydrogens is 855 g/mol. The van der Waals surface area contributed by atoms with Gasteiger partial charge in [0.2, 0.25) is 0 Å². The molecule has 0 spiro atoms. The van der Waals surface area contributed by atoms with Gasteiger partial charge in [-0.15, -0.1) is 0 Å². The van der Waals surface area contributed by atoms with Gasteiger partial charge in [-0.25, -0.2) is 0 Å². The quantitative estimate of drug-likeness (QED) is 0.133. The highest BCUT2D eigenvalue weighted by atomic mass is 31.1. The average molecular weight is 905 g/mol. The highest BCUT2D eigenvalue weighted by molar-refractivity contribution is 7.80. The summed E-state index contributed by atoms with van der Waals surface area (Å²) in [5.74, 6) is 0. The van der Waals surface area contributed by atoms with E-state index < -0.39 is 15.8 Å². The Morgan fingerprint density at radius 1 is 0.206 bits per heavy atom. The van der Waals surface area contributed by atoms with Crippen molar-refractivity contribution in [1.82, 2.24) is 0 Å². The van der Waals surface area contributed by atoms with Crippen LogP contribution in [0.15, 0.2) is 267 Å². The summed E-state index contributed by atoms with van der Waals surface area (Å²) in [5.41, 5.74) is 8.10. The van der Waals surface area contributed by atoms with Crippen molar-refractivity contribution in [1.29, 1.82) is 0 Å². The predicted molar refractivity (Wildman–Crippen MR) is 301 cm³/mol. The van der Waals surface area contributed by atoms with E-state index in [4.69, 9.17) is 0 Å². The number of fused-ring (bicyclic) bond motifs is 4. The minimum Gasteiger partial charge on any atom is -0.0622 e. The molecule has 12 aromatic rings. The lowest BCUT2D eigenvalue weighted by Crippen LogP contribution is -2.26. The molecule has 0 bridgehead atoms. The third-order valence-electron chi connectivity index (χ3n) is 13.1. The molecule has 12 aromatic carbocycles. The molecule has 0 atom stereocenters. The van der Waals surface area contributed by atoms with Gasteiger partial charge in [0, 0.05) is 0 Å². The molecule has 324 valence electrons. The van der Waals surface area contributed by atoms with Crippen LogP contribution in [0.4, 0.5) is 0 Å². The lowest BCUT2D eigenvalue weighted by molar-refractivity contribution is 1.45. The van der Waals surface area contributed by atoms with Crippen LogP contribution in [-0.2, 0) is 0 Å². The van der Waals surface area contributed by atoms with E-state index in [-0.39, 0.29) is 0 Å². The van der Waals surface area contributed by atoms with Crippen molar-refractivity contribution in [3.8, 4) is 22.3 Å². The number of aryl methyl sites for hydroxylation is 2. The van der Waals surface area contributed by atoms with Crippen LogP contribution in [0.5, 0.6) is 0 Å². The van der Waals surface area contributed by atoms with Crippen LogP contribution in [0, 0.1) is 13.8 Å². The first-order valence-electron chi connectivity index (χ1n) is 23.4. The van der Waals surface area contributed by atoms with Gasteiger partial charge in [-0.3, -0.25) is 0 Å². The summed E-state index contributed by atoms with van der Waals surface area (Å²) in [4.78, 5) is 0. The normalized spacial score (nSPS) is 11.4. The molecule has 12 rings (SSSR count). The molecule has 0 fully saturated rings. The van der Waals surface area contributed by atoms with Gasteiger partial charge in [0.1, 0.15) is 0 Å². The third-order valence-corrected chi connectivity index (χ3v) is 18.1. The molecule has 0 aliphatic carbocycles. The maximum absolute atomic E-state index is 2.42. The van der Waals surface area contributed by atoms with E-state index in [0.29, 0.717) is 0 Å². The van der Waals surface area contributed by atoms with Gasteiger partial charge < -0.3 is 0 Å². The first-order valence-corrected chi connectivity index (χ1v) is 26.1. The van der Waals surface area contributed by atoms with Gasteiger partial charge in [0.25, 0.3) is 0 Å². The average Bonchev–Trinajstić information content (AvgIpc) is 3.40. The summed E-state index contributed by atoms with van der Waals surface area (Å²) in [6, 6.07) is 98.1. The monoisotopic (exact) mass is 904 g/mol. The lowest BCUT2D eigenvalue weighted by atomic mass is 9.88. The fourth-order valence-corrected chi connectivity index (χ4v) is 15.0. The first kappa shape index (κ1) is 43.1. The fourth-order valence-electron chi connectivity index (χ4n) is 10.0. The van der Waals surface area contributed by atoms with Crippen LogP contribution < -0.4 is 31.8 Å². The molecular formula is C66H50P2. The van der Waals surface area contributed by atoms with E-state index in [1.807, 2.05) is 0 Å². The van der Waals surface area contributed by atoms with Crippen LogP contribution in [0.2, 0.25) is 0 Å². The Morgan fingerprint density at radius 2 is 0.441 bits per heavy atom. The zero-order chi connectivity index (χ0) is 45.8. The van der Waals surface area contributed by atoms with Crippen molar-refractivity contribution in [2.45, 2.75) is 13.8 Å². The molecule has 0 saturated heterocycles. The van der Waals surface area contributed by atoms with Gasteiger partial charge >= 0.3 is 0 Å². The van der Waals surface area contributed by atoms with Crippen molar-refractivity contribution in [2.24, 2.45) is 0 Å². The molecule has 0 heterocycles. The second-order valence-electron chi connectivity index (χ2n) is 17.3. The Labute approximate surface area is 402 Å². The topological polar surface area (TPSA) is 0 Å². The fraction of sp³-hybridized carbons (Fsp3) is 0.0303. The molecule has 2 heteroatoms. The molecule has 0 N–H and O–H groups in total. The van der Waals surface area contributed by atoms with Crippen LogP contribution in [0.1, 0.15) is 11.1 Å². The van der Waals surface area contributed by atoms with Crippen LogP contribution >= 0.6 is 15.8 Å². The molecule has 0 saturated carbocycles. The second-order valence-corrected chi connectivity index (χ2v) is 21.7. The summed E-state index contributed by atoms with van der Waals surface area (Å²) < 4.78 is 0. The van der Waals surface area contributed by atoms with E-state index >= 15 is 0 Å². The number of benzene rings is 12. The van der Waals surface area contributed by atoms with Gasteiger partial charge in [-0.1, -0.05) is 267 Å². The Bertz CT molecular complexity index is 3370. The largest absolute Gasteiger partial charge is 0.0622 e. The highest BCUT2D eigenvalue weighted by Crippen LogP contribution is 2.46. The van der Waals surface area contributed by atoms with E-state index in [2.05, 4.69) is 281 Å². The Hall–Kier alpha value is -7.46. The zero-order valence-corrected chi connectivity index (χ0v) is 40.1. The summed E-state index contributed by atoms with van der Waals surface area (Å²) in [6.07, 6.45) is 0. The number of rotatable bonds is 8. The molecule has 0 aliphatic heterocycles. The van der Waals surface area contributed by atoms with Gasteiger partial charge in [-0.2, -0.15) is 0 Å².